The van der Waals surface area contributed by atoms with Gasteiger partial charge in [-0.3, -0.25) is 14.6 Å². The second-order valence-electron chi connectivity index (χ2n) is 6.29. The minimum Gasteiger partial charge on any atom is -0.271 e. The van der Waals surface area contributed by atoms with Gasteiger partial charge >= 0.3 is 0 Å². The molecule has 0 N–H and O–H groups in total. The van der Waals surface area contributed by atoms with E-state index in [-0.39, 0.29) is 5.69 Å². The Balaban J connectivity index is 1.60. The lowest BCUT2D eigenvalue weighted by molar-refractivity contribution is -0.123. The molecule has 4 rings (SSSR count). The summed E-state index contributed by atoms with van der Waals surface area (Å²) in [5, 5.41) is 9.32. The van der Waals surface area contributed by atoms with Crippen molar-refractivity contribution in [2.45, 2.75) is 25.6 Å². The Morgan fingerprint density at radius 1 is 1.00 bits per heavy atom. The van der Waals surface area contributed by atoms with Gasteiger partial charge in [-0.25, -0.2) is 13.7 Å². The van der Waals surface area contributed by atoms with Crippen LogP contribution in [0, 0.1) is 18.6 Å². The fourth-order valence-corrected chi connectivity index (χ4v) is 3.11. The van der Waals surface area contributed by atoms with Crippen LogP contribution in [0.2, 0.25) is 0 Å². The quantitative estimate of drug-likeness (QED) is 0.795. The van der Waals surface area contributed by atoms with Crippen LogP contribution in [0.3, 0.4) is 0 Å². The topological polar surface area (TPSA) is 65.3 Å². The van der Waals surface area contributed by atoms with E-state index in [1.807, 2.05) is 31.2 Å². The molecule has 2 aliphatic rings. The minimum atomic E-state index is -1.13. The van der Waals surface area contributed by atoms with Crippen LogP contribution < -0.4 is 4.90 Å². The molecule has 1 fully saturated rings. The zero-order chi connectivity index (χ0) is 18.4. The first-order valence-corrected chi connectivity index (χ1v) is 8.01. The fraction of sp³-hybridized carbons (Fsp3) is 0.222. The number of imide groups is 1. The Morgan fingerprint density at radius 3 is 2.42 bits per heavy atom. The fourth-order valence-electron chi connectivity index (χ4n) is 3.11. The molecule has 2 amide bonds. The highest BCUT2D eigenvalue weighted by Gasteiger charge is 2.54. The lowest BCUT2D eigenvalue weighted by atomic mass is 10.1. The van der Waals surface area contributed by atoms with E-state index in [1.54, 1.807) is 0 Å². The number of nitrogens with zero attached hydrogens (tertiary/aromatic N) is 4. The second kappa shape index (κ2) is 5.98. The molecule has 6 nitrogen and oxygen atoms in total. The summed E-state index contributed by atoms with van der Waals surface area (Å²) in [6.45, 7) is 2.28. The van der Waals surface area contributed by atoms with E-state index in [9.17, 15) is 18.4 Å². The summed E-state index contributed by atoms with van der Waals surface area (Å²) in [7, 11) is 0. The lowest BCUT2D eigenvalue weighted by Gasteiger charge is -2.20. The third-order valence-corrected chi connectivity index (χ3v) is 4.48. The molecular formula is C18H14F2N4O2. The van der Waals surface area contributed by atoms with E-state index < -0.39 is 35.5 Å². The highest BCUT2D eigenvalue weighted by molar-refractivity contribution is 6.25. The molecule has 0 bridgehead atoms. The smallest absolute Gasteiger partial charge is 0.263 e. The number of anilines is 1. The molecule has 0 saturated carbocycles. The Morgan fingerprint density at radius 2 is 1.73 bits per heavy atom. The minimum absolute atomic E-state index is 0.0150. The van der Waals surface area contributed by atoms with E-state index in [4.69, 9.17) is 0 Å². The highest BCUT2D eigenvalue weighted by Crippen LogP contribution is 2.33. The van der Waals surface area contributed by atoms with Crippen molar-refractivity contribution in [1.82, 2.24) is 5.01 Å². The molecule has 2 aliphatic heterocycles. The van der Waals surface area contributed by atoms with Gasteiger partial charge in [0.05, 0.1) is 12.2 Å². The van der Waals surface area contributed by atoms with E-state index in [0.29, 0.717) is 6.54 Å². The number of amides is 2. The van der Waals surface area contributed by atoms with Crippen LogP contribution in [0.4, 0.5) is 14.5 Å². The van der Waals surface area contributed by atoms with Gasteiger partial charge in [0.2, 0.25) is 0 Å². The summed E-state index contributed by atoms with van der Waals surface area (Å²) in [4.78, 5) is 26.2. The molecule has 0 aromatic heterocycles. The Hall–Kier alpha value is -3.16. The number of hydrogen-bond donors (Lipinski definition) is 0. The lowest BCUT2D eigenvalue weighted by Crippen LogP contribution is -2.39. The first-order chi connectivity index (χ1) is 12.5. The zero-order valence-corrected chi connectivity index (χ0v) is 13.8. The SMILES string of the molecule is Cc1ccc(CN2N=N[C@H]3C(=O)N(c4ccc(F)c(F)c4)C(=O)[C@H]32)cc1. The van der Waals surface area contributed by atoms with Gasteiger partial charge in [0.25, 0.3) is 11.8 Å². The number of rotatable bonds is 3. The van der Waals surface area contributed by atoms with Crippen LogP contribution in [0.15, 0.2) is 52.8 Å². The third kappa shape index (κ3) is 2.54. The van der Waals surface area contributed by atoms with Crippen molar-refractivity contribution in [3.63, 3.8) is 0 Å². The monoisotopic (exact) mass is 356 g/mol. The number of benzene rings is 2. The normalized spacial score (nSPS) is 21.7. The molecule has 0 unspecified atom stereocenters. The average Bonchev–Trinajstić information content (AvgIpc) is 3.13. The van der Waals surface area contributed by atoms with Crippen molar-refractivity contribution in [3.8, 4) is 0 Å². The number of halogens is 2. The standard InChI is InChI=1S/C18H14F2N4O2/c1-10-2-4-11(5-3-10)9-23-16-15(21-22-23)17(25)24(18(16)26)12-6-7-13(19)14(20)8-12/h2-8,15-16H,9H2,1H3/t15-,16+/m1/s1. The van der Waals surface area contributed by atoms with Crippen LogP contribution in [-0.4, -0.2) is 28.9 Å². The van der Waals surface area contributed by atoms with E-state index >= 15 is 0 Å². The van der Waals surface area contributed by atoms with Crippen molar-refractivity contribution < 1.29 is 18.4 Å². The van der Waals surface area contributed by atoms with Crippen LogP contribution in [0.25, 0.3) is 0 Å². The summed E-state index contributed by atoms with van der Waals surface area (Å²) in [5.41, 5.74) is 2.01. The van der Waals surface area contributed by atoms with Gasteiger partial charge in [-0.1, -0.05) is 35.1 Å². The van der Waals surface area contributed by atoms with Gasteiger partial charge < -0.3 is 0 Å². The van der Waals surface area contributed by atoms with Gasteiger partial charge in [-0.05, 0) is 24.6 Å². The number of fused-ring (bicyclic) bond motifs is 1. The van der Waals surface area contributed by atoms with Crippen molar-refractivity contribution in [1.29, 1.82) is 0 Å². The molecule has 26 heavy (non-hydrogen) atoms. The van der Waals surface area contributed by atoms with Gasteiger partial charge in [-0.15, -0.1) is 0 Å². The summed E-state index contributed by atoms with van der Waals surface area (Å²) in [6, 6.07) is 8.75. The summed E-state index contributed by atoms with van der Waals surface area (Å²) >= 11 is 0. The number of aryl methyl sites for hydroxylation is 1. The molecule has 2 atom stereocenters. The molecule has 0 aliphatic carbocycles. The maximum absolute atomic E-state index is 13.5. The molecule has 0 radical (unpaired) electrons. The maximum Gasteiger partial charge on any atom is 0.263 e. The Labute approximate surface area is 147 Å². The summed E-state index contributed by atoms with van der Waals surface area (Å²) < 4.78 is 26.6. The van der Waals surface area contributed by atoms with E-state index in [0.717, 1.165) is 28.2 Å². The predicted octanol–water partition coefficient (Wildman–Crippen LogP) is 2.77. The van der Waals surface area contributed by atoms with Gasteiger partial charge in [-0.2, -0.15) is 5.11 Å². The maximum atomic E-state index is 13.5. The van der Waals surface area contributed by atoms with E-state index in [1.165, 1.54) is 11.1 Å². The zero-order valence-electron chi connectivity index (χ0n) is 13.8. The first-order valence-electron chi connectivity index (χ1n) is 8.01. The van der Waals surface area contributed by atoms with Crippen molar-refractivity contribution in [3.05, 3.63) is 65.2 Å². The van der Waals surface area contributed by atoms with Crippen molar-refractivity contribution in [2.75, 3.05) is 4.90 Å². The number of hydrogen-bond acceptors (Lipinski definition) is 5. The van der Waals surface area contributed by atoms with Gasteiger partial charge in [0.15, 0.2) is 23.7 Å². The second-order valence-corrected chi connectivity index (χ2v) is 6.29. The summed E-state index contributed by atoms with van der Waals surface area (Å²) in [6.07, 6.45) is 0. The number of carbonyl (C=O) groups excluding carboxylic acids is 2. The highest BCUT2D eigenvalue weighted by atomic mass is 19.2. The van der Waals surface area contributed by atoms with Crippen LogP contribution >= 0.6 is 0 Å². The summed E-state index contributed by atoms with van der Waals surface area (Å²) in [5.74, 6) is -3.32. The van der Waals surface area contributed by atoms with Crippen LogP contribution in [0.5, 0.6) is 0 Å². The molecule has 132 valence electrons. The van der Waals surface area contributed by atoms with Gasteiger partial charge in [0.1, 0.15) is 0 Å². The van der Waals surface area contributed by atoms with Crippen LogP contribution in [-0.2, 0) is 16.1 Å². The van der Waals surface area contributed by atoms with Gasteiger partial charge in [0, 0.05) is 6.07 Å². The molecule has 2 aromatic carbocycles. The van der Waals surface area contributed by atoms with Crippen LogP contribution in [0.1, 0.15) is 11.1 Å². The molecule has 0 spiro atoms. The Bertz CT molecular complexity index is 929. The molecular weight excluding hydrogens is 342 g/mol. The third-order valence-electron chi connectivity index (χ3n) is 4.48. The average molecular weight is 356 g/mol. The Kier molecular flexibility index (Phi) is 3.75. The van der Waals surface area contributed by atoms with Crippen molar-refractivity contribution in [2.24, 2.45) is 10.3 Å². The predicted molar refractivity (Wildman–Crippen MR) is 88.0 cm³/mol. The first kappa shape index (κ1) is 16.3. The molecule has 1 saturated heterocycles. The van der Waals surface area contributed by atoms with E-state index in [2.05, 4.69) is 10.3 Å². The largest absolute Gasteiger partial charge is 0.271 e. The van der Waals surface area contributed by atoms with Crippen molar-refractivity contribution >= 4 is 17.5 Å². The molecule has 2 aromatic rings. The molecule has 2 heterocycles. The number of carbonyl (C=O) groups is 2. The molecule has 8 heteroatoms.